The molecule has 2 rings (SSSR count). The molecule has 0 saturated carbocycles. The molecule has 0 amide bonds. The maximum absolute atomic E-state index is 13.4. The molecule has 0 spiro atoms. The Labute approximate surface area is 126 Å². The minimum Gasteiger partial charge on any atom is -0.437 e. The number of nitrogens with zero attached hydrogens (tertiary/aromatic N) is 1. The highest BCUT2D eigenvalue weighted by atomic mass is 79.9. The van der Waals surface area contributed by atoms with Gasteiger partial charge in [-0.15, -0.1) is 11.6 Å². The third-order valence-corrected chi connectivity index (χ3v) is 3.41. The number of rotatable bonds is 3. The molecule has 2 aromatic rings. The monoisotopic (exact) mass is 367 g/mol. The van der Waals surface area contributed by atoms with Gasteiger partial charge in [-0.25, -0.2) is 13.8 Å². The Morgan fingerprint density at radius 1 is 1.26 bits per heavy atom. The van der Waals surface area contributed by atoms with E-state index in [4.69, 9.17) is 27.9 Å². The van der Waals surface area contributed by atoms with Crippen molar-refractivity contribution in [2.45, 2.75) is 5.88 Å². The molecule has 0 saturated heterocycles. The Kier molecular flexibility index (Phi) is 4.60. The van der Waals surface area contributed by atoms with Crippen LogP contribution in [-0.4, -0.2) is 4.98 Å². The van der Waals surface area contributed by atoms with E-state index in [1.165, 1.54) is 12.1 Å². The van der Waals surface area contributed by atoms with Crippen molar-refractivity contribution in [2.75, 3.05) is 0 Å². The van der Waals surface area contributed by atoms with E-state index in [2.05, 4.69) is 20.9 Å². The number of pyridine rings is 1. The fraction of sp³-hybridized carbons (Fsp3) is 0.0833. The predicted octanol–water partition coefficient (Wildman–Crippen LogP) is 5.31. The smallest absolute Gasteiger partial charge is 0.223 e. The molecule has 100 valence electrons. The zero-order chi connectivity index (χ0) is 14.0. The lowest BCUT2D eigenvalue weighted by Crippen LogP contribution is -1.96. The molecule has 0 aliphatic heterocycles. The number of hydrogen-bond acceptors (Lipinski definition) is 2. The molecule has 19 heavy (non-hydrogen) atoms. The molecule has 0 atom stereocenters. The Morgan fingerprint density at radius 2 is 2.00 bits per heavy atom. The van der Waals surface area contributed by atoms with Crippen LogP contribution in [-0.2, 0) is 5.88 Å². The molecule has 1 aromatic carbocycles. The van der Waals surface area contributed by atoms with Crippen LogP contribution < -0.4 is 4.74 Å². The van der Waals surface area contributed by atoms with Crippen molar-refractivity contribution in [1.29, 1.82) is 0 Å². The summed E-state index contributed by atoms with van der Waals surface area (Å²) in [6.07, 6.45) is 0.992. The number of alkyl halides is 1. The molecule has 0 radical (unpaired) electrons. The Balaban J connectivity index is 2.39. The van der Waals surface area contributed by atoms with Gasteiger partial charge in [0.25, 0.3) is 0 Å². The topological polar surface area (TPSA) is 22.1 Å². The standard InChI is InChI=1S/C12H6BrCl2F2NO/c13-8-2-9(15)10(17)3-11(8)19-12-6(4-14)1-7(16)5-18-12/h1-3,5H,4H2. The van der Waals surface area contributed by atoms with Crippen LogP contribution in [0, 0.1) is 11.6 Å². The maximum atomic E-state index is 13.4. The fourth-order valence-corrected chi connectivity index (χ4v) is 2.25. The summed E-state index contributed by atoms with van der Waals surface area (Å²) in [4.78, 5) is 3.78. The van der Waals surface area contributed by atoms with Gasteiger partial charge >= 0.3 is 0 Å². The minimum absolute atomic E-state index is 0.0216. The van der Waals surface area contributed by atoms with Crippen molar-refractivity contribution >= 4 is 39.1 Å². The predicted molar refractivity (Wildman–Crippen MR) is 72.9 cm³/mol. The van der Waals surface area contributed by atoms with E-state index in [0.29, 0.717) is 10.0 Å². The first-order valence-corrected chi connectivity index (χ1v) is 6.74. The SMILES string of the molecule is Fc1cnc(Oc2cc(F)c(Cl)cc2Br)c(CCl)c1. The van der Waals surface area contributed by atoms with Crippen molar-refractivity contribution in [3.8, 4) is 11.6 Å². The largest absolute Gasteiger partial charge is 0.437 e. The molecule has 0 N–H and O–H groups in total. The molecule has 0 unspecified atom stereocenters. The highest BCUT2D eigenvalue weighted by Crippen LogP contribution is 2.34. The summed E-state index contributed by atoms with van der Waals surface area (Å²) >= 11 is 14.5. The lowest BCUT2D eigenvalue weighted by atomic mass is 10.3. The van der Waals surface area contributed by atoms with Gasteiger partial charge < -0.3 is 4.74 Å². The molecular formula is C12H6BrCl2F2NO. The summed E-state index contributed by atoms with van der Waals surface area (Å²) < 4.78 is 32.2. The molecule has 7 heteroatoms. The molecule has 1 heterocycles. The Bertz CT molecular complexity index is 625. The second-order valence-corrected chi connectivity index (χ2v) is 5.08. The van der Waals surface area contributed by atoms with Crippen LogP contribution in [0.3, 0.4) is 0 Å². The lowest BCUT2D eigenvalue weighted by Gasteiger charge is -2.10. The summed E-state index contributed by atoms with van der Waals surface area (Å²) in [5.41, 5.74) is 0.365. The van der Waals surface area contributed by atoms with Crippen molar-refractivity contribution in [3.05, 3.63) is 51.1 Å². The molecular weight excluding hydrogens is 363 g/mol. The lowest BCUT2D eigenvalue weighted by molar-refractivity contribution is 0.447. The zero-order valence-corrected chi connectivity index (χ0v) is 12.4. The number of benzene rings is 1. The summed E-state index contributed by atoms with van der Waals surface area (Å²) in [6.45, 7) is 0. The van der Waals surface area contributed by atoms with Gasteiger partial charge in [0.1, 0.15) is 17.4 Å². The molecule has 0 aliphatic carbocycles. The number of halogens is 5. The van der Waals surface area contributed by atoms with Crippen LogP contribution in [0.5, 0.6) is 11.6 Å². The summed E-state index contributed by atoms with van der Waals surface area (Å²) in [5, 5.41) is -0.0381. The third-order valence-electron chi connectivity index (χ3n) is 2.22. The van der Waals surface area contributed by atoms with Gasteiger partial charge in [0, 0.05) is 11.6 Å². The van der Waals surface area contributed by atoms with Crippen molar-refractivity contribution in [2.24, 2.45) is 0 Å². The quantitative estimate of drug-likeness (QED) is 0.541. The minimum atomic E-state index is -0.630. The van der Waals surface area contributed by atoms with E-state index in [-0.39, 0.29) is 22.5 Å². The second kappa shape index (κ2) is 6.03. The Morgan fingerprint density at radius 3 is 2.68 bits per heavy atom. The van der Waals surface area contributed by atoms with Gasteiger partial charge in [-0.1, -0.05) is 11.6 Å². The van der Waals surface area contributed by atoms with E-state index >= 15 is 0 Å². The first-order chi connectivity index (χ1) is 9.01. The van der Waals surface area contributed by atoms with Gasteiger partial charge in [-0.05, 0) is 28.1 Å². The Hall–Kier alpha value is -0.910. The highest BCUT2D eigenvalue weighted by Gasteiger charge is 2.12. The number of ether oxygens (including phenoxy) is 1. The third kappa shape index (κ3) is 3.35. The van der Waals surface area contributed by atoms with E-state index < -0.39 is 11.6 Å². The van der Waals surface area contributed by atoms with Crippen LogP contribution in [0.4, 0.5) is 8.78 Å². The summed E-state index contributed by atoms with van der Waals surface area (Å²) in [6, 6.07) is 3.67. The molecule has 0 bridgehead atoms. The highest BCUT2D eigenvalue weighted by molar-refractivity contribution is 9.10. The van der Waals surface area contributed by atoms with E-state index in [0.717, 1.165) is 12.3 Å². The zero-order valence-electron chi connectivity index (χ0n) is 9.26. The first-order valence-electron chi connectivity index (χ1n) is 5.04. The van der Waals surface area contributed by atoms with E-state index in [1.807, 2.05) is 0 Å². The molecule has 1 aromatic heterocycles. The van der Waals surface area contributed by atoms with Crippen LogP contribution in [0.25, 0.3) is 0 Å². The summed E-state index contributed by atoms with van der Waals surface area (Å²) in [5.74, 6) is -0.849. The molecule has 0 aliphatic rings. The second-order valence-electron chi connectivity index (χ2n) is 3.55. The van der Waals surface area contributed by atoms with Gasteiger partial charge in [-0.3, -0.25) is 0 Å². The van der Waals surface area contributed by atoms with Gasteiger partial charge in [0.15, 0.2) is 0 Å². The fourth-order valence-electron chi connectivity index (χ4n) is 1.34. The summed E-state index contributed by atoms with van der Waals surface area (Å²) in [7, 11) is 0. The van der Waals surface area contributed by atoms with Crippen molar-refractivity contribution in [1.82, 2.24) is 4.98 Å². The van der Waals surface area contributed by atoms with Crippen LogP contribution >= 0.6 is 39.1 Å². The first kappa shape index (κ1) is 14.5. The van der Waals surface area contributed by atoms with Crippen molar-refractivity contribution in [3.63, 3.8) is 0 Å². The maximum Gasteiger partial charge on any atom is 0.223 e. The average Bonchev–Trinajstić information content (AvgIpc) is 2.37. The normalized spacial score (nSPS) is 10.6. The van der Waals surface area contributed by atoms with Crippen molar-refractivity contribution < 1.29 is 13.5 Å². The van der Waals surface area contributed by atoms with Gasteiger partial charge in [0.05, 0.1) is 21.6 Å². The van der Waals surface area contributed by atoms with Gasteiger partial charge in [-0.2, -0.15) is 0 Å². The number of aromatic nitrogens is 1. The molecule has 2 nitrogen and oxygen atoms in total. The van der Waals surface area contributed by atoms with E-state index in [1.54, 1.807) is 0 Å². The van der Waals surface area contributed by atoms with Crippen LogP contribution in [0.2, 0.25) is 5.02 Å². The van der Waals surface area contributed by atoms with Crippen LogP contribution in [0.1, 0.15) is 5.56 Å². The average molecular weight is 369 g/mol. The molecule has 0 fully saturated rings. The van der Waals surface area contributed by atoms with Gasteiger partial charge in [0.2, 0.25) is 5.88 Å². The number of hydrogen-bond donors (Lipinski definition) is 0. The van der Waals surface area contributed by atoms with E-state index in [9.17, 15) is 8.78 Å². The van der Waals surface area contributed by atoms with Crippen LogP contribution in [0.15, 0.2) is 28.9 Å².